The van der Waals surface area contributed by atoms with Gasteiger partial charge in [-0.15, -0.1) is 0 Å². The highest BCUT2D eigenvalue weighted by molar-refractivity contribution is 5.71. The minimum atomic E-state index is -0.142. The summed E-state index contributed by atoms with van der Waals surface area (Å²) in [6.45, 7) is 2.53. The lowest BCUT2D eigenvalue weighted by atomic mass is 9.94. The van der Waals surface area contributed by atoms with E-state index in [0.717, 1.165) is 38.0 Å². The molecule has 4 rings (SSSR count). The highest BCUT2D eigenvalue weighted by atomic mass is 16.5. The second-order valence-electron chi connectivity index (χ2n) is 6.51. The number of aromatic nitrogens is 5. The van der Waals surface area contributed by atoms with Crippen LogP contribution in [0.1, 0.15) is 36.8 Å². The molecule has 1 aliphatic rings. The van der Waals surface area contributed by atoms with Crippen LogP contribution < -0.4 is 10.9 Å². The zero-order valence-corrected chi connectivity index (χ0v) is 14.7. The van der Waals surface area contributed by atoms with Crippen molar-refractivity contribution in [1.29, 1.82) is 0 Å². The van der Waals surface area contributed by atoms with Crippen LogP contribution in [0.2, 0.25) is 0 Å². The number of piperidine rings is 1. The van der Waals surface area contributed by atoms with Crippen LogP contribution in [0.5, 0.6) is 0 Å². The van der Waals surface area contributed by atoms with Gasteiger partial charge in [0.05, 0.1) is 17.5 Å². The lowest BCUT2D eigenvalue weighted by molar-refractivity contribution is 0.192. The van der Waals surface area contributed by atoms with Gasteiger partial charge in [-0.2, -0.15) is 10.1 Å². The van der Waals surface area contributed by atoms with Gasteiger partial charge in [-0.3, -0.25) is 4.79 Å². The van der Waals surface area contributed by atoms with Gasteiger partial charge in [0.1, 0.15) is 5.65 Å². The molecule has 0 saturated carbocycles. The number of H-pyrrole nitrogens is 1. The Hall–Kier alpha value is -2.52. The zero-order valence-electron chi connectivity index (χ0n) is 14.7. The van der Waals surface area contributed by atoms with Crippen LogP contribution in [0.25, 0.3) is 17.0 Å². The molecule has 1 saturated heterocycles. The van der Waals surface area contributed by atoms with E-state index in [1.807, 2.05) is 0 Å². The maximum Gasteiger partial charge on any atom is 0.251 e. The third-order valence-electron chi connectivity index (χ3n) is 4.74. The molecule has 3 aromatic heterocycles. The molecule has 138 valence electrons. The number of rotatable bonds is 6. The molecule has 0 radical (unpaired) electrons. The van der Waals surface area contributed by atoms with Gasteiger partial charge in [0.25, 0.3) is 5.56 Å². The summed E-state index contributed by atoms with van der Waals surface area (Å²) in [5.74, 6) is 1.29. The molecule has 1 aliphatic heterocycles. The fraction of sp³-hybridized carbons (Fsp3) is 0.529. The van der Waals surface area contributed by atoms with Gasteiger partial charge in [-0.05, 0) is 32.4 Å². The number of hydrogen-bond donors (Lipinski definition) is 2. The van der Waals surface area contributed by atoms with E-state index in [1.54, 1.807) is 23.9 Å². The van der Waals surface area contributed by atoms with Gasteiger partial charge in [-0.25, -0.2) is 4.52 Å². The Morgan fingerprint density at radius 1 is 1.38 bits per heavy atom. The average Bonchev–Trinajstić information content (AvgIpc) is 3.28. The summed E-state index contributed by atoms with van der Waals surface area (Å²) in [4.78, 5) is 19.5. The summed E-state index contributed by atoms with van der Waals surface area (Å²) in [6, 6.07) is 1.65. The minimum Gasteiger partial charge on any atom is -0.385 e. The first kappa shape index (κ1) is 16.9. The topological polar surface area (TPSA) is 110 Å². The summed E-state index contributed by atoms with van der Waals surface area (Å²) in [7, 11) is 1.66. The first-order valence-corrected chi connectivity index (χ1v) is 8.90. The van der Waals surface area contributed by atoms with Crippen molar-refractivity contribution < 1.29 is 9.26 Å². The van der Waals surface area contributed by atoms with Crippen LogP contribution in [0.4, 0.5) is 0 Å². The van der Waals surface area contributed by atoms with Crippen molar-refractivity contribution in [2.75, 3.05) is 26.8 Å². The largest absolute Gasteiger partial charge is 0.385 e. The second kappa shape index (κ2) is 7.38. The summed E-state index contributed by atoms with van der Waals surface area (Å²) in [5, 5.41) is 11.9. The molecular formula is C17H22N6O3. The molecule has 9 nitrogen and oxygen atoms in total. The molecule has 4 heterocycles. The van der Waals surface area contributed by atoms with E-state index in [9.17, 15) is 4.79 Å². The van der Waals surface area contributed by atoms with Crippen molar-refractivity contribution in [2.45, 2.75) is 31.6 Å². The van der Waals surface area contributed by atoms with Gasteiger partial charge in [-0.1, -0.05) is 5.16 Å². The molecule has 3 aromatic rings. The fourth-order valence-corrected chi connectivity index (χ4v) is 3.42. The molecule has 0 unspecified atom stereocenters. The normalized spacial score (nSPS) is 15.7. The molecule has 2 N–H and O–H groups in total. The first-order valence-electron chi connectivity index (χ1n) is 8.90. The minimum absolute atomic E-state index is 0.142. The number of aryl methyl sites for hydroxylation is 1. The van der Waals surface area contributed by atoms with E-state index in [4.69, 9.17) is 9.26 Å². The second-order valence-corrected chi connectivity index (χ2v) is 6.51. The van der Waals surface area contributed by atoms with Gasteiger partial charge in [0.2, 0.25) is 11.7 Å². The molecule has 0 atom stereocenters. The van der Waals surface area contributed by atoms with E-state index in [0.29, 0.717) is 41.9 Å². The number of nitrogens with one attached hydrogen (secondary N) is 2. The molecule has 0 amide bonds. The van der Waals surface area contributed by atoms with Crippen molar-refractivity contribution in [1.82, 2.24) is 30.1 Å². The van der Waals surface area contributed by atoms with Gasteiger partial charge >= 0.3 is 0 Å². The molecule has 0 bridgehead atoms. The number of methoxy groups -OCH3 is 1. The monoisotopic (exact) mass is 358 g/mol. The third-order valence-corrected chi connectivity index (χ3v) is 4.74. The first-order chi connectivity index (χ1) is 12.8. The number of aromatic amines is 1. The quantitative estimate of drug-likeness (QED) is 0.635. The summed E-state index contributed by atoms with van der Waals surface area (Å²) < 4.78 is 12.1. The lowest BCUT2D eigenvalue weighted by Crippen LogP contribution is -2.28. The zero-order chi connectivity index (χ0) is 17.9. The number of fused-ring (bicyclic) bond motifs is 1. The van der Waals surface area contributed by atoms with Crippen molar-refractivity contribution in [2.24, 2.45) is 0 Å². The van der Waals surface area contributed by atoms with Crippen molar-refractivity contribution in [3.63, 3.8) is 0 Å². The summed E-state index contributed by atoms with van der Waals surface area (Å²) in [6.07, 6.45) is 5.11. The highest BCUT2D eigenvalue weighted by Gasteiger charge is 2.22. The molecule has 1 fully saturated rings. The molecule has 26 heavy (non-hydrogen) atoms. The molecule has 0 aromatic carbocycles. The predicted molar refractivity (Wildman–Crippen MR) is 94.1 cm³/mol. The molecule has 0 aliphatic carbocycles. The predicted octanol–water partition coefficient (Wildman–Crippen LogP) is 1.12. The molecular weight excluding hydrogens is 336 g/mol. The number of ether oxygens (including phenoxy) is 1. The summed E-state index contributed by atoms with van der Waals surface area (Å²) >= 11 is 0. The van der Waals surface area contributed by atoms with Crippen molar-refractivity contribution in [3.8, 4) is 11.4 Å². The highest BCUT2D eigenvalue weighted by Crippen LogP contribution is 2.27. The smallest absolute Gasteiger partial charge is 0.251 e. The lowest BCUT2D eigenvalue weighted by Gasteiger charge is -2.23. The Morgan fingerprint density at radius 3 is 3.04 bits per heavy atom. The fourth-order valence-electron chi connectivity index (χ4n) is 3.42. The Balaban J connectivity index is 1.68. The maximum absolute atomic E-state index is 12.2. The third kappa shape index (κ3) is 3.27. The number of nitrogens with zero attached hydrogens (tertiary/aromatic N) is 4. The summed E-state index contributed by atoms with van der Waals surface area (Å²) in [5.41, 5.74) is 2.06. The standard InChI is InChI=1S/C17H22N6O3/c1-25-8-2-3-15-21-16(22-26-15)12-10-19-23-13(9-14(24)20-17(12)23)11-4-6-18-7-5-11/h9-11,18H,2-8H2,1H3,(H,20,24). The Kier molecular flexibility index (Phi) is 4.81. The van der Waals surface area contributed by atoms with Crippen LogP contribution in [-0.2, 0) is 11.2 Å². The van der Waals surface area contributed by atoms with Crippen LogP contribution in [0, 0.1) is 0 Å². The SMILES string of the molecule is COCCCc1nc(-c2cnn3c(C4CCNCC4)cc(=O)[nH]c23)no1. The van der Waals surface area contributed by atoms with E-state index < -0.39 is 0 Å². The van der Waals surface area contributed by atoms with Crippen LogP contribution in [0.15, 0.2) is 21.6 Å². The van der Waals surface area contributed by atoms with E-state index >= 15 is 0 Å². The molecule has 0 spiro atoms. The Bertz CT molecular complexity index is 938. The Morgan fingerprint density at radius 2 is 2.23 bits per heavy atom. The van der Waals surface area contributed by atoms with Gasteiger partial charge in [0.15, 0.2) is 0 Å². The van der Waals surface area contributed by atoms with Gasteiger partial charge < -0.3 is 19.6 Å². The van der Waals surface area contributed by atoms with Crippen LogP contribution in [-0.4, -0.2) is 51.5 Å². The number of hydrogen-bond acceptors (Lipinski definition) is 7. The van der Waals surface area contributed by atoms with E-state index in [2.05, 4.69) is 25.5 Å². The maximum atomic E-state index is 12.2. The van der Waals surface area contributed by atoms with Crippen LogP contribution in [0.3, 0.4) is 0 Å². The Labute approximate surface area is 149 Å². The van der Waals surface area contributed by atoms with E-state index in [-0.39, 0.29) is 5.56 Å². The van der Waals surface area contributed by atoms with Gasteiger partial charge in [0, 0.05) is 32.1 Å². The van der Waals surface area contributed by atoms with E-state index in [1.165, 1.54) is 0 Å². The van der Waals surface area contributed by atoms with Crippen LogP contribution >= 0.6 is 0 Å². The van der Waals surface area contributed by atoms with Crippen molar-refractivity contribution >= 4 is 5.65 Å². The average molecular weight is 358 g/mol. The van der Waals surface area contributed by atoms with Crippen molar-refractivity contribution in [3.05, 3.63) is 34.2 Å². The molecule has 9 heteroatoms.